The number of amides is 1. The number of hydrogen-bond acceptors (Lipinski definition) is 6. The van der Waals surface area contributed by atoms with Crippen molar-refractivity contribution in [1.82, 2.24) is 10.2 Å². The molecular formula is C26H32N2O5. The first kappa shape index (κ1) is 21.9. The van der Waals surface area contributed by atoms with Gasteiger partial charge < -0.3 is 29.2 Å². The predicted molar refractivity (Wildman–Crippen MR) is 125 cm³/mol. The number of nitrogens with one attached hydrogen (secondary N) is 1. The Morgan fingerprint density at radius 2 is 1.73 bits per heavy atom. The van der Waals surface area contributed by atoms with E-state index in [1.54, 1.807) is 14.2 Å². The Morgan fingerprint density at radius 3 is 2.48 bits per heavy atom. The monoisotopic (exact) mass is 452 g/mol. The average Bonchev–Trinajstić information content (AvgIpc) is 2.97. The molecular weight excluding hydrogens is 420 g/mol. The maximum absolute atomic E-state index is 12.8. The minimum Gasteiger partial charge on any atom is -0.493 e. The summed E-state index contributed by atoms with van der Waals surface area (Å²) in [5.41, 5.74) is 4.95. The third-order valence-corrected chi connectivity index (χ3v) is 6.93. The third-order valence-electron chi connectivity index (χ3n) is 6.93. The van der Waals surface area contributed by atoms with Crippen molar-refractivity contribution in [3.05, 3.63) is 46.5 Å². The summed E-state index contributed by atoms with van der Waals surface area (Å²) in [7, 11) is 3.35. The van der Waals surface area contributed by atoms with E-state index in [1.807, 2.05) is 11.0 Å². The van der Waals surface area contributed by atoms with Crippen LogP contribution in [0.2, 0.25) is 0 Å². The molecule has 0 bridgehead atoms. The van der Waals surface area contributed by atoms with Crippen LogP contribution in [0, 0.1) is 0 Å². The minimum atomic E-state index is 0.194. The molecule has 0 fully saturated rings. The molecule has 2 heterocycles. The van der Waals surface area contributed by atoms with Crippen molar-refractivity contribution in [2.45, 2.75) is 31.6 Å². The van der Waals surface area contributed by atoms with Crippen molar-refractivity contribution in [3.8, 4) is 23.0 Å². The smallest absolute Gasteiger partial charge is 0.227 e. The number of ether oxygens (including phenoxy) is 4. The molecule has 0 spiro atoms. The van der Waals surface area contributed by atoms with Gasteiger partial charge in [0.05, 0.1) is 20.6 Å². The number of nitrogens with zero attached hydrogens (tertiary/aromatic N) is 1. The molecule has 0 saturated carbocycles. The number of rotatable bonds is 8. The van der Waals surface area contributed by atoms with Gasteiger partial charge in [0, 0.05) is 25.6 Å². The summed E-state index contributed by atoms with van der Waals surface area (Å²) < 4.78 is 22.2. The largest absolute Gasteiger partial charge is 0.493 e. The van der Waals surface area contributed by atoms with Crippen molar-refractivity contribution < 1.29 is 23.7 Å². The van der Waals surface area contributed by atoms with Gasteiger partial charge in [0.1, 0.15) is 13.2 Å². The summed E-state index contributed by atoms with van der Waals surface area (Å²) in [6.07, 6.45) is 3.29. The highest BCUT2D eigenvalue weighted by Crippen LogP contribution is 2.42. The summed E-state index contributed by atoms with van der Waals surface area (Å²) in [4.78, 5) is 14.8. The molecule has 7 heteroatoms. The Labute approximate surface area is 195 Å². The summed E-state index contributed by atoms with van der Waals surface area (Å²) in [6.45, 7) is 4.51. The molecule has 2 aromatic carbocycles. The normalized spacial score (nSPS) is 18.7. The van der Waals surface area contributed by atoms with Crippen LogP contribution in [0.15, 0.2) is 24.3 Å². The fourth-order valence-electron chi connectivity index (χ4n) is 5.05. The van der Waals surface area contributed by atoms with Crippen LogP contribution >= 0.6 is 0 Å². The van der Waals surface area contributed by atoms with Crippen LogP contribution in [0.5, 0.6) is 23.0 Å². The van der Waals surface area contributed by atoms with E-state index in [0.717, 1.165) is 74.0 Å². The second-order valence-electron chi connectivity index (χ2n) is 8.94. The van der Waals surface area contributed by atoms with Crippen LogP contribution in [0.1, 0.15) is 34.6 Å². The van der Waals surface area contributed by atoms with Gasteiger partial charge in [-0.2, -0.15) is 0 Å². The zero-order valence-corrected chi connectivity index (χ0v) is 19.4. The molecule has 0 aromatic heterocycles. The first-order chi connectivity index (χ1) is 16.2. The van der Waals surface area contributed by atoms with Gasteiger partial charge in [-0.05, 0) is 72.3 Å². The van der Waals surface area contributed by atoms with Crippen LogP contribution in [-0.2, 0) is 24.1 Å². The van der Waals surface area contributed by atoms with Crippen LogP contribution in [0.3, 0.4) is 0 Å². The van der Waals surface area contributed by atoms with Crippen molar-refractivity contribution in [2.24, 2.45) is 0 Å². The van der Waals surface area contributed by atoms with E-state index >= 15 is 0 Å². The molecule has 1 amide bonds. The maximum Gasteiger partial charge on any atom is 0.227 e. The van der Waals surface area contributed by atoms with E-state index in [4.69, 9.17) is 18.9 Å². The molecule has 0 radical (unpaired) electrons. The van der Waals surface area contributed by atoms with Gasteiger partial charge >= 0.3 is 0 Å². The molecule has 1 atom stereocenters. The number of hydrogen-bond donors (Lipinski definition) is 1. The zero-order valence-electron chi connectivity index (χ0n) is 19.4. The molecule has 7 nitrogen and oxygen atoms in total. The first-order valence-corrected chi connectivity index (χ1v) is 11.8. The average molecular weight is 453 g/mol. The third kappa shape index (κ3) is 4.47. The lowest BCUT2D eigenvalue weighted by atomic mass is 9.77. The van der Waals surface area contributed by atoms with Crippen molar-refractivity contribution in [1.29, 1.82) is 0 Å². The lowest BCUT2D eigenvalue weighted by Gasteiger charge is -2.31. The first-order valence-electron chi connectivity index (χ1n) is 11.8. The van der Waals surface area contributed by atoms with Gasteiger partial charge in [-0.1, -0.05) is 0 Å². The van der Waals surface area contributed by atoms with E-state index in [2.05, 4.69) is 23.5 Å². The van der Waals surface area contributed by atoms with E-state index in [-0.39, 0.29) is 5.91 Å². The topological polar surface area (TPSA) is 69.3 Å². The predicted octanol–water partition coefficient (Wildman–Crippen LogP) is 2.72. The molecule has 5 rings (SSSR count). The maximum atomic E-state index is 12.8. The summed E-state index contributed by atoms with van der Waals surface area (Å²) in [5, 5.41) is 3.58. The molecule has 2 aromatic rings. The SMILES string of the molecule is COc1cc2c(cc1OC)C(CNCCCN1CCc3cc4c(cc3CC1=O)OCCO4)C2. The van der Waals surface area contributed by atoms with E-state index in [9.17, 15) is 4.79 Å². The molecule has 3 aliphatic rings. The van der Waals surface area contributed by atoms with E-state index in [1.165, 1.54) is 16.7 Å². The van der Waals surface area contributed by atoms with E-state index < -0.39 is 0 Å². The molecule has 1 aliphatic carbocycles. The van der Waals surface area contributed by atoms with Crippen LogP contribution in [0.4, 0.5) is 0 Å². The highest BCUT2D eigenvalue weighted by molar-refractivity contribution is 5.80. The summed E-state index contributed by atoms with van der Waals surface area (Å²) in [6, 6.07) is 8.24. The van der Waals surface area contributed by atoms with Gasteiger partial charge in [-0.15, -0.1) is 0 Å². The minimum absolute atomic E-state index is 0.194. The lowest BCUT2D eigenvalue weighted by Crippen LogP contribution is -2.35. The van der Waals surface area contributed by atoms with Gasteiger partial charge in [-0.25, -0.2) is 0 Å². The molecule has 33 heavy (non-hydrogen) atoms. The lowest BCUT2D eigenvalue weighted by molar-refractivity contribution is -0.130. The van der Waals surface area contributed by atoms with Gasteiger partial charge in [0.2, 0.25) is 5.91 Å². The standard InChI is InChI=1S/C26H32N2O5/c1-30-22-13-19-10-20(21(19)15-23(22)31-2)16-27-5-3-6-28-7-4-17-11-24-25(33-9-8-32-24)12-18(17)14-26(28)29/h11-13,15,20,27H,3-10,14,16H2,1-2H3. The molecule has 176 valence electrons. The number of carbonyl (C=O) groups is 1. The van der Waals surface area contributed by atoms with Crippen molar-refractivity contribution in [2.75, 3.05) is 53.6 Å². The van der Waals surface area contributed by atoms with Gasteiger partial charge in [0.25, 0.3) is 0 Å². The molecule has 2 aliphatic heterocycles. The zero-order chi connectivity index (χ0) is 22.8. The second-order valence-corrected chi connectivity index (χ2v) is 8.94. The van der Waals surface area contributed by atoms with Crippen LogP contribution < -0.4 is 24.3 Å². The Balaban J connectivity index is 1.09. The van der Waals surface area contributed by atoms with Crippen molar-refractivity contribution >= 4 is 5.91 Å². The van der Waals surface area contributed by atoms with Crippen molar-refractivity contribution in [3.63, 3.8) is 0 Å². The summed E-state index contributed by atoms with van der Waals surface area (Å²) >= 11 is 0. The second kappa shape index (κ2) is 9.51. The number of carbonyl (C=O) groups excluding carboxylic acids is 1. The number of fused-ring (bicyclic) bond motifs is 3. The fraction of sp³-hybridized carbons (Fsp3) is 0.500. The van der Waals surface area contributed by atoms with Crippen LogP contribution in [0.25, 0.3) is 0 Å². The Morgan fingerprint density at radius 1 is 1.00 bits per heavy atom. The quantitative estimate of drug-likeness (QED) is 0.622. The van der Waals surface area contributed by atoms with E-state index in [0.29, 0.717) is 25.6 Å². The summed E-state index contributed by atoms with van der Waals surface area (Å²) in [5.74, 6) is 3.86. The van der Waals surface area contributed by atoms with Gasteiger partial charge in [0.15, 0.2) is 23.0 Å². The Hall–Kier alpha value is -2.93. The molecule has 0 saturated heterocycles. The number of methoxy groups -OCH3 is 2. The highest BCUT2D eigenvalue weighted by atomic mass is 16.6. The van der Waals surface area contributed by atoms with Crippen LogP contribution in [-0.4, -0.2) is 64.4 Å². The highest BCUT2D eigenvalue weighted by Gasteiger charge is 2.28. The Kier molecular flexibility index (Phi) is 6.31. The Bertz CT molecular complexity index is 1040. The fourth-order valence-corrected chi connectivity index (χ4v) is 5.05. The van der Waals surface area contributed by atoms with Gasteiger partial charge in [-0.3, -0.25) is 4.79 Å². The molecule has 1 unspecified atom stereocenters. The molecule has 1 N–H and O–H groups in total. The number of benzene rings is 2.